The molecular formula is C11H20AsN3S2. The van der Waals surface area contributed by atoms with Crippen molar-refractivity contribution in [1.82, 2.24) is 15.0 Å². The van der Waals surface area contributed by atoms with E-state index < -0.39 is 14.7 Å². The molecule has 1 aromatic heterocycles. The standard InChI is InChI=1S/C11H20AsN3S2/c1-3-5-7-12(8-6-4-2)9-13-10(16)15-11(17)14-9/h3-8H2,1-2H3,(H2,13,14,15,16,17). The molecule has 6 heteroatoms. The van der Waals surface area contributed by atoms with Gasteiger partial charge in [-0.1, -0.05) is 0 Å². The summed E-state index contributed by atoms with van der Waals surface area (Å²) in [5, 5.41) is 2.61. The molecule has 2 N–H and O–H groups in total. The van der Waals surface area contributed by atoms with Gasteiger partial charge in [0.2, 0.25) is 0 Å². The molecule has 96 valence electrons. The Labute approximate surface area is 118 Å². The number of rotatable bonds is 7. The van der Waals surface area contributed by atoms with Crippen molar-refractivity contribution in [2.24, 2.45) is 0 Å². The van der Waals surface area contributed by atoms with Gasteiger partial charge in [-0.2, -0.15) is 0 Å². The summed E-state index contributed by atoms with van der Waals surface area (Å²) in [4.78, 5) is 10.5. The molecule has 0 radical (unpaired) electrons. The number of aromatic nitrogens is 3. The van der Waals surface area contributed by atoms with Crippen LogP contribution >= 0.6 is 24.4 Å². The second kappa shape index (κ2) is 8.17. The molecule has 0 spiro atoms. The molecule has 0 bridgehead atoms. The summed E-state index contributed by atoms with van der Waals surface area (Å²) in [7, 11) is 0. The zero-order valence-corrected chi connectivity index (χ0v) is 14.0. The van der Waals surface area contributed by atoms with Crippen LogP contribution in [-0.2, 0) is 0 Å². The summed E-state index contributed by atoms with van der Waals surface area (Å²) in [6, 6.07) is 0. The van der Waals surface area contributed by atoms with Crippen molar-refractivity contribution in [3.8, 4) is 0 Å². The van der Waals surface area contributed by atoms with Crippen LogP contribution in [0.4, 0.5) is 0 Å². The number of H-pyrrole nitrogens is 2. The van der Waals surface area contributed by atoms with E-state index in [1.54, 1.807) is 0 Å². The van der Waals surface area contributed by atoms with E-state index in [0.29, 0.717) is 9.54 Å². The quantitative estimate of drug-likeness (QED) is 0.593. The first-order chi connectivity index (χ1) is 8.17. The summed E-state index contributed by atoms with van der Waals surface area (Å²) in [5.41, 5.74) is 0. The fourth-order valence-corrected chi connectivity index (χ4v) is 7.68. The van der Waals surface area contributed by atoms with E-state index in [2.05, 4.69) is 28.8 Å². The second-order valence-corrected chi connectivity index (χ2v) is 9.84. The van der Waals surface area contributed by atoms with E-state index in [4.69, 9.17) is 24.4 Å². The molecule has 17 heavy (non-hydrogen) atoms. The normalized spacial score (nSPS) is 11.0. The van der Waals surface area contributed by atoms with E-state index >= 15 is 0 Å². The number of nitrogens with zero attached hydrogens (tertiary/aromatic N) is 1. The molecule has 0 aliphatic rings. The Bertz CT molecular complexity index is 405. The Kier molecular flexibility index (Phi) is 7.24. The second-order valence-electron chi connectivity index (χ2n) is 4.01. The summed E-state index contributed by atoms with van der Waals surface area (Å²) >= 11 is 9.16. The third-order valence-corrected chi connectivity index (χ3v) is 8.21. The van der Waals surface area contributed by atoms with Gasteiger partial charge in [0, 0.05) is 0 Å². The van der Waals surface area contributed by atoms with Crippen molar-refractivity contribution in [2.45, 2.75) is 49.9 Å². The Morgan fingerprint density at radius 1 is 1.06 bits per heavy atom. The van der Waals surface area contributed by atoms with E-state index in [1.807, 2.05) is 0 Å². The van der Waals surface area contributed by atoms with Crippen LogP contribution in [0.3, 0.4) is 0 Å². The average Bonchev–Trinajstić information content (AvgIpc) is 2.28. The fourth-order valence-electron chi connectivity index (χ4n) is 1.55. The molecule has 1 aromatic rings. The van der Waals surface area contributed by atoms with E-state index in [-0.39, 0.29) is 0 Å². The third-order valence-electron chi connectivity index (χ3n) is 2.52. The molecule has 0 aliphatic heterocycles. The van der Waals surface area contributed by atoms with Crippen LogP contribution in [0.25, 0.3) is 0 Å². The van der Waals surface area contributed by atoms with Crippen LogP contribution in [-0.4, -0.2) is 29.6 Å². The molecule has 0 aliphatic carbocycles. The molecule has 0 atom stereocenters. The van der Waals surface area contributed by atoms with Crippen LogP contribution in [0.5, 0.6) is 0 Å². The Morgan fingerprint density at radius 2 is 1.65 bits per heavy atom. The molecule has 0 unspecified atom stereocenters. The maximum atomic E-state index is 5.14. The van der Waals surface area contributed by atoms with Crippen molar-refractivity contribution in [3.63, 3.8) is 0 Å². The van der Waals surface area contributed by atoms with Crippen LogP contribution in [0.1, 0.15) is 39.5 Å². The minimum absolute atomic E-state index is 0.524. The Balaban J connectivity index is 2.86. The van der Waals surface area contributed by atoms with Gasteiger partial charge in [-0.3, -0.25) is 0 Å². The molecule has 3 nitrogen and oxygen atoms in total. The molecule has 1 rings (SSSR count). The van der Waals surface area contributed by atoms with Gasteiger partial charge in [-0.05, 0) is 0 Å². The number of nitrogens with one attached hydrogen (secondary N) is 2. The average molecular weight is 333 g/mol. The molecule has 0 aromatic carbocycles. The summed E-state index contributed by atoms with van der Waals surface area (Å²) < 4.78 is 2.25. The summed E-state index contributed by atoms with van der Waals surface area (Å²) in [6.45, 7) is 4.47. The molecule has 1 heterocycles. The first-order valence-electron chi connectivity index (χ1n) is 6.13. The maximum absolute atomic E-state index is 5.14. The van der Waals surface area contributed by atoms with Gasteiger partial charge in [0.15, 0.2) is 0 Å². The first-order valence-corrected chi connectivity index (χ1v) is 10.5. The van der Waals surface area contributed by atoms with Gasteiger partial charge in [-0.15, -0.1) is 0 Å². The van der Waals surface area contributed by atoms with Crippen LogP contribution in [0, 0.1) is 9.54 Å². The van der Waals surface area contributed by atoms with Crippen molar-refractivity contribution in [2.75, 3.05) is 0 Å². The number of hydrogen-bond donors (Lipinski definition) is 2. The molecular weight excluding hydrogens is 313 g/mol. The predicted molar refractivity (Wildman–Crippen MR) is 79.4 cm³/mol. The van der Waals surface area contributed by atoms with Gasteiger partial charge in [0.1, 0.15) is 0 Å². The number of hydrogen-bond acceptors (Lipinski definition) is 3. The molecule has 0 amide bonds. The zero-order valence-electron chi connectivity index (χ0n) is 10.5. The van der Waals surface area contributed by atoms with E-state index in [1.165, 1.54) is 36.1 Å². The van der Waals surface area contributed by atoms with Crippen molar-refractivity contribution >= 4 is 43.7 Å². The first kappa shape index (κ1) is 15.1. The fraction of sp³-hybridized carbons (Fsp3) is 0.727. The van der Waals surface area contributed by atoms with Crippen molar-refractivity contribution < 1.29 is 0 Å². The summed E-state index contributed by atoms with van der Waals surface area (Å²) in [6.07, 6.45) is 5.07. The van der Waals surface area contributed by atoms with Gasteiger partial charge >= 0.3 is 118 Å². The number of aromatic amines is 2. The molecule has 0 fully saturated rings. The zero-order chi connectivity index (χ0) is 12.7. The monoisotopic (exact) mass is 333 g/mol. The topological polar surface area (TPSA) is 44.5 Å². The number of unbranched alkanes of at least 4 members (excludes halogenated alkanes) is 2. The van der Waals surface area contributed by atoms with E-state index in [0.717, 1.165) is 4.61 Å². The van der Waals surface area contributed by atoms with Crippen LogP contribution < -0.4 is 4.61 Å². The van der Waals surface area contributed by atoms with Gasteiger partial charge < -0.3 is 0 Å². The van der Waals surface area contributed by atoms with E-state index in [9.17, 15) is 0 Å². The van der Waals surface area contributed by atoms with Crippen molar-refractivity contribution in [1.29, 1.82) is 0 Å². The van der Waals surface area contributed by atoms with Crippen LogP contribution in [0.2, 0.25) is 10.4 Å². The van der Waals surface area contributed by atoms with Crippen molar-refractivity contribution in [3.05, 3.63) is 9.54 Å². The van der Waals surface area contributed by atoms with Gasteiger partial charge in [-0.25, -0.2) is 0 Å². The SMILES string of the molecule is CCCC[As](CCCC)c1nc(=S)[nH]c(=S)[nH]1. The Hall–Kier alpha value is 0.00844. The predicted octanol–water partition coefficient (Wildman–Crippen LogP) is 3.50. The van der Waals surface area contributed by atoms with Crippen LogP contribution in [0.15, 0.2) is 0 Å². The molecule has 0 saturated heterocycles. The Morgan fingerprint density at radius 3 is 2.12 bits per heavy atom. The molecule has 0 saturated carbocycles. The van der Waals surface area contributed by atoms with Gasteiger partial charge in [0.25, 0.3) is 0 Å². The van der Waals surface area contributed by atoms with Gasteiger partial charge in [0.05, 0.1) is 0 Å². The minimum atomic E-state index is -1.08. The third kappa shape index (κ3) is 5.45. The summed E-state index contributed by atoms with van der Waals surface area (Å²) in [5.74, 6) is 0.